The van der Waals surface area contributed by atoms with Crippen molar-refractivity contribution in [2.45, 2.75) is 31.6 Å². The van der Waals surface area contributed by atoms with Gasteiger partial charge in [-0.25, -0.2) is 40.2 Å². The molecule has 0 atom stereocenters. The maximum absolute atomic E-state index is 13.4. The minimum atomic E-state index is -3.81. The van der Waals surface area contributed by atoms with Crippen LogP contribution in [0.15, 0.2) is 47.6 Å². The zero-order valence-corrected chi connectivity index (χ0v) is 21.5. The molecule has 35 heavy (non-hydrogen) atoms. The largest absolute Gasteiger partial charge is 0.311 e. The highest BCUT2D eigenvalue weighted by atomic mass is 32.2. The van der Waals surface area contributed by atoms with E-state index in [-0.39, 0.29) is 10.8 Å². The van der Waals surface area contributed by atoms with Gasteiger partial charge in [-0.1, -0.05) is 17.7 Å². The van der Waals surface area contributed by atoms with E-state index in [1.807, 2.05) is 18.5 Å². The van der Waals surface area contributed by atoms with Crippen molar-refractivity contribution in [1.29, 1.82) is 0 Å². The van der Waals surface area contributed by atoms with Gasteiger partial charge in [0.05, 0.1) is 17.3 Å². The van der Waals surface area contributed by atoms with E-state index in [2.05, 4.69) is 19.7 Å². The number of aromatic nitrogens is 4. The topological polar surface area (TPSA) is 119 Å². The number of nitrogens with one attached hydrogen (secondary N) is 1. The number of aryl methyl sites for hydroxylation is 2. The molecule has 4 heterocycles. The third-order valence-electron chi connectivity index (χ3n) is 6.52. The van der Waals surface area contributed by atoms with E-state index in [1.54, 1.807) is 42.7 Å². The van der Waals surface area contributed by atoms with Gasteiger partial charge in [-0.05, 0) is 50.8 Å². The number of sulfonamides is 1. The van der Waals surface area contributed by atoms with Crippen molar-refractivity contribution < 1.29 is 16.8 Å². The molecule has 0 amide bonds. The Kier molecular flexibility index (Phi) is 5.85. The van der Waals surface area contributed by atoms with E-state index in [0.29, 0.717) is 23.1 Å². The molecule has 4 aromatic rings. The highest BCUT2D eigenvalue weighted by Crippen LogP contribution is 2.29. The standard InChI is InChI=1S/C23H28N6O4S2/c1-16-4-6-19(7-5-16)35(32,33)28-13-10-20-22-21(15-24-23(20)28)26-17(2)29(22)27-11-8-18(9-12-27)14-25-34(3,30)31/h4-7,10,13,15,18,25H,8-9,11-12,14H2,1-3H3. The van der Waals surface area contributed by atoms with Crippen LogP contribution in [0.5, 0.6) is 0 Å². The average molecular weight is 517 g/mol. The first-order chi connectivity index (χ1) is 16.5. The minimum Gasteiger partial charge on any atom is -0.311 e. The summed E-state index contributed by atoms with van der Waals surface area (Å²) in [6.07, 6.45) is 6.00. The predicted octanol–water partition coefficient (Wildman–Crippen LogP) is 2.14. The SMILES string of the molecule is Cc1ccc(S(=O)(=O)n2ccc3c2ncc2nc(C)n(N4CCC(CNS(C)(=O)=O)CC4)c23)cc1. The van der Waals surface area contributed by atoms with Crippen LogP contribution in [0.3, 0.4) is 0 Å². The van der Waals surface area contributed by atoms with Crippen LogP contribution >= 0.6 is 0 Å². The zero-order chi connectivity index (χ0) is 25.0. The Labute approximate surface area is 204 Å². The van der Waals surface area contributed by atoms with Crippen molar-refractivity contribution in [1.82, 2.24) is 23.3 Å². The summed E-state index contributed by atoms with van der Waals surface area (Å²) in [6.45, 7) is 5.73. The summed E-state index contributed by atoms with van der Waals surface area (Å²) in [5.74, 6) is 1.05. The molecule has 0 saturated carbocycles. The monoisotopic (exact) mass is 516 g/mol. The molecule has 3 aromatic heterocycles. The summed E-state index contributed by atoms with van der Waals surface area (Å²) in [5.41, 5.74) is 2.85. The molecule has 12 heteroatoms. The molecule has 0 bridgehead atoms. The third-order valence-corrected chi connectivity index (χ3v) is 8.89. The van der Waals surface area contributed by atoms with Gasteiger partial charge < -0.3 is 5.01 Å². The number of imidazole rings is 1. The smallest absolute Gasteiger partial charge is 0.269 e. The van der Waals surface area contributed by atoms with Crippen LogP contribution in [0.1, 0.15) is 24.2 Å². The van der Waals surface area contributed by atoms with Crippen LogP contribution in [0, 0.1) is 19.8 Å². The number of pyridine rings is 1. The van der Waals surface area contributed by atoms with Crippen LogP contribution in [-0.2, 0) is 20.0 Å². The first-order valence-corrected chi connectivity index (χ1v) is 14.7. The molecule has 1 aromatic carbocycles. The van der Waals surface area contributed by atoms with Crippen molar-refractivity contribution in [3.05, 3.63) is 54.1 Å². The quantitative estimate of drug-likeness (QED) is 0.417. The van der Waals surface area contributed by atoms with Gasteiger partial charge in [0.2, 0.25) is 10.0 Å². The lowest BCUT2D eigenvalue weighted by Gasteiger charge is -2.35. The highest BCUT2D eigenvalue weighted by Gasteiger charge is 2.26. The second-order valence-electron chi connectivity index (χ2n) is 9.15. The molecule has 1 aliphatic rings. The number of hydrogen-bond donors (Lipinski definition) is 1. The van der Waals surface area contributed by atoms with Crippen LogP contribution in [0.2, 0.25) is 0 Å². The van der Waals surface area contributed by atoms with Crippen LogP contribution in [0.25, 0.3) is 22.1 Å². The first kappa shape index (κ1) is 23.8. The van der Waals surface area contributed by atoms with Gasteiger partial charge in [0.25, 0.3) is 10.0 Å². The maximum Gasteiger partial charge on any atom is 0.269 e. The third kappa shape index (κ3) is 4.41. The summed E-state index contributed by atoms with van der Waals surface area (Å²) in [4.78, 5) is 9.34. The van der Waals surface area contributed by atoms with E-state index in [0.717, 1.165) is 42.8 Å². The fourth-order valence-electron chi connectivity index (χ4n) is 4.68. The van der Waals surface area contributed by atoms with E-state index in [1.165, 1.54) is 10.2 Å². The van der Waals surface area contributed by atoms with E-state index >= 15 is 0 Å². The number of nitrogens with zero attached hydrogens (tertiary/aromatic N) is 5. The molecular weight excluding hydrogens is 488 g/mol. The van der Waals surface area contributed by atoms with Crippen molar-refractivity contribution in [2.75, 3.05) is 30.9 Å². The van der Waals surface area contributed by atoms with Gasteiger partial charge in [-0.15, -0.1) is 0 Å². The van der Waals surface area contributed by atoms with Crippen molar-refractivity contribution in [2.24, 2.45) is 5.92 Å². The van der Waals surface area contributed by atoms with Gasteiger partial charge in [-0.3, -0.25) is 0 Å². The van der Waals surface area contributed by atoms with Crippen LogP contribution < -0.4 is 9.73 Å². The molecule has 0 aliphatic carbocycles. The van der Waals surface area contributed by atoms with Gasteiger partial charge in [0.15, 0.2) is 5.65 Å². The lowest BCUT2D eigenvalue weighted by Crippen LogP contribution is -2.44. The van der Waals surface area contributed by atoms with Crippen molar-refractivity contribution in [3.63, 3.8) is 0 Å². The molecular formula is C23H28N6O4S2. The molecule has 0 radical (unpaired) electrons. The molecule has 0 spiro atoms. The highest BCUT2D eigenvalue weighted by molar-refractivity contribution is 7.90. The number of rotatable bonds is 6. The van der Waals surface area contributed by atoms with Crippen molar-refractivity contribution in [3.8, 4) is 0 Å². The Morgan fingerprint density at radius 1 is 1.03 bits per heavy atom. The predicted molar refractivity (Wildman–Crippen MR) is 135 cm³/mol. The van der Waals surface area contributed by atoms with Gasteiger partial charge in [0.1, 0.15) is 16.9 Å². The van der Waals surface area contributed by atoms with E-state index < -0.39 is 20.0 Å². The Bertz CT molecular complexity index is 1610. The molecule has 1 fully saturated rings. The lowest BCUT2D eigenvalue weighted by atomic mass is 9.98. The Morgan fingerprint density at radius 2 is 1.71 bits per heavy atom. The summed E-state index contributed by atoms with van der Waals surface area (Å²) >= 11 is 0. The number of benzene rings is 1. The molecule has 0 unspecified atom stereocenters. The summed E-state index contributed by atoms with van der Waals surface area (Å²) in [6, 6.07) is 8.53. The fourth-order valence-corrected chi connectivity index (χ4v) is 6.52. The normalized spacial score (nSPS) is 15.9. The van der Waals surface area contributed by atoms with E-state index in [4.69, 9.17) is 0 Å². The summed E-state index contributed by atoms with van der Waals surface area (Å²) in [5, 5.41) is 2.90. The molecule has 1 saturated heterocycles. The fraction of sp³-hybridized carbons (Fsp3) is 0.391. The summed E-state index contributed by atoms with van der Waals surface area (Å²) < 4.78 is 55.5. The minimum absolute atomic E-state index is 0.206. The Balaban J connectivity index is 1.51. The number of hydrogen-bond acceptors (Lipinski definition) is 7. The maximum atomic E-state index is 13.4. The lowest BCUT2D eigenvalue weighted by molar-refractivity contribution is 0.363. The Morgan fingerprint density at radius 3 is 2.37 bits per heavy atom. The van der Waals surface area contributed by atoms with Gasteiger partial charge >= 0.3 is 0 Å². The first-order valence-electron chi connectivity index (χ1n) is 11.4. The molecule has 5 rings (SSSR count). The number of fused-ring (bicyclic) bond motifs is 3. The zero-order valence-electron chi connectivity index (χ0n) is 19.8. The second kappa shape index (κ2) is 8.61. The van der Waals surface area contributed by atoms with Gasteiger partial charge in [0, 0.05) is 31.2 Å². The molecule has 1 N–H and O–H groups in total. The second-order valence-corrected chi connectivity index (χ2v) is 12.8. The average Bonchev–Trinajstić information content (AvgIpc) is 3.38. The van der Waals surface area contributed by atoms with Gasteiger partial charge in [-0.2, -0.15) is 0 Å². The van der Waals surface area contributed by atoms with Crippen molar-refractivity contribution >= 4 is 42.1 Å². The molecule has 186 valence electrons. The Hall–Kier alpha value is -2.96. The summed E-state index contributed by atoms with van der Waals surface area (Å²) in [7, 11) is -7.02. The van der Waals surface area contributed by atoms with E-state index in [9.17, 15) is 16.8 Å². The van der Waals surface area contributed by atoms with Crippen LogP contribution in [0.4, 0.5) is 0 Å². The number of piperidine rings is 1. The molecule has 1 aliphatic heterocycles. The van der Waals surface area contributed by atoms with Crippen LogP contribution in [-0.4, -0.2) is 61.3 Å². The molecule has 10 nitrogen and oxygen atoms in total.